The zero-order valence-electron chi connectivity index (χ0n) is 13.7. The Kier molecular flexibility index (Phi) is 3.96. The van der Waals surface area contributed by atoms with Crippen LogP contribution in [0, 0.1) is 13.8 Å². The summed E-state index contributed by atoms with van der Waals surface area (Å²) < 4.78 is 18.0. The van der Waals surface area contributed by atoms with E-state index in [0.717, 1.165) is 33.9 Å². The third-order valence-corrected chi connectivity index (χ3v) is 4.01. The van der Waals surface area contributed by atoms with Gasteiger partial charge in [0, 0.05) is 17.7 Å². The van der Waals surface area contributed by atoms with E-state index < -0.39 is 0 Å². The topological polar surface area (TPSA) is 88.3 Å². The van der Waals surface area contributed by atoms with Gasteiger partial charge in [-0.2, -0.15) is 0 Å². The molecular weight excluding hydrogens is 296 g/mol. The van der Waals surface area contributed by atoms with E-state index in [-0.39, 0.29) is 0 Å². The largest absolute Gasteiger partial charge is 0.493 e. The molecule has 2 heterocycles. The first kappa shape index (κ1) is 15.4. The predicted molar refractivity (Wildman–Crippen MR) is 85.8 cm³/mol. The summed E-state index contributed by atoms with van der Waals surface area (Å²) in [5, 5.41) is 4.01. The molecule has 0 saturated heterocycles. The fourth-order valence-corrected chi connectivity index (χ4v) is 2.72. The van der Waals surface area contributed by atoms with Crippen molar-refractivity contribution in [2.45, 2.75) is 26.9 Å². The molecule has 0 atom stereocenters. The van der Waals surface area contributed by atoms with Crippen molar-refractivity contribution in [1.29, 1.82) is 0 Å². The second-order valence-electron chi connectivity index (χ2n) is 5.32. The van der Waals surface area contributed by atoms with Crippen LogP contribution in [0.15, 0.2) is 16.7 Å². The lowest BCUT2D eigenvalue weighted by molar-refractivity contribution is 0.355. The molecule has 23 heavy (non-hydrogen) atoms. The highest BCUT2D eigenvalue weighted by atomic mass is 16.5. The van der Waals surface area contributed by atoms with Crippen LogP contribution in [0.1, 0.15) is 22.8 Å². The molecule has 0 bridgehead atoms. The second-order valence-corrected chi connectivity index (χ2v) is 5.32. The normalized spacial score (nSPS) is 11.2. The van der Waals surface area contributed by atoms with Gasteiger partial charge < -0.3 is 24.3 Å². The minimum atomic E-state index is 0.336. The van der Waals surface area contributed by atoms with Crippen LogP contribution in [0.2, 0.25) is 0 Å². The first-order chi connectivity index (χ1) is 11.1. The van der Waals surface area contributed by atoms with Crippen molar-refractivity contribution in [2.24, 2.45) is 5.73 Å². The number of aromatic nitrogens is 3. The number of hydrogen-bond acceptors (Lipinski definition) is 6. The Labute approximate surface area is 134 Å². The molecule has 0 aliphatic rings. The van der Waals surface area contributed by atoms with E-state index in [2.05, 4.69) is 14.7 Å². The molecule has 0 radical (unpaired) electrons. The van der Waals surface area contributed by atoms with E-state index in [9.17, 15) is 0 Å². The Balaban J connectivity index is 2.18. The molecule has 1 aromatic carbocycles. The quantitative estimate of drug-likeness (QED) is 0.776. The monoisotopic (exact) mass is 316 g/mol. The third kappa shape index (κ3) is 2.53. The van der Waals surface area contributed by atoms with Gasteiger partial charge in [-0.1, -0.05) is 5.16 Å². The number of ether oxygens (including phenoxy) is 2. The third-order valence-electron chi connectivity index (χ3n) is 4.01. The van der Waals surface area contributed by atoms with Crippen molar-refractivity contribution in [3.63, 3.8) is 0 Å². The Morgan fingerprint density at radius 2 is 1.87 bits per heavy atom. The van der Waals surface area contributed by atoms with E-state index in [1.165, 1.54) is 0 Å². The van der Waals surface area contributed by atoms with Crippen LogP contribution in [0.4, 0.5) is 0 Å². The summed E-state index contributed by atoms with van der Waals surface area (Å²) in [4.78, 5) is 4.61. The van der Waals surface area contributed by atoms with Gasteiger partial charge in [0.15, 0.2) is 11.5 Å². The Morgan fingerprint density at radius 3 is 2.43 bits per heavy atom. The van der Waals surface area contributed by atoms with E-state index >= 15 is 0 Å². The van der Waals surface area contributed by atoms with Crippen LogP contribution in [0.25, 0.3) is 11.0 Å². The van der Waals surface area contributed by atoms with Crippen molar-refractivity contribution in [1.82, 2.24) is 14.7 Å². The summed E-state index contributed by atoms with van der Waals surface area (Å²) in [7, 11) is 3.22. The molecule has 0 amide bonds. The second kappa shape index (κ2) is 5.92. The summed E-state index contributed by atoms with van der Waals surface area (Å²) in [6.45, 7) is 4.76. The number of nitrogens with two attached hydrogens (primary N) is 1. The highest BCUT2D eigenvalue weighted by Gasteiger charge is 2.17. The molecule has 3 rings (SSSR count). The molecule has 0 aliphatic carbocycles. The Hall–Kier alpha value is -2.54. The minimum Gasteiger partial charge on any atom is -0.493 e. The van der Waals surface area contributed by atoms with Gasteiger partial charge in [-0.25, -0.2) is 4.98 Å². The SMILES string of the molecule is COc1cc2nc(CN)n(Cc3c(C)noc3C)c2cc1OC. The van der Waals surface area contributed by atoms with Crippen LogP contribution in [0.5, 0.6) is 11.5 Å². The van der Waals surface area contributed by atoms with E-state index in [4.69, 9.17) is 19.7 Å². The van der Waals surface area contributed by atoms with Gasteiger partial charge in [0.2, 0.25) is 0 Å². The summed E-state index contributed by atoms with van der Waals surface area (Å²) in [6.07, 6.45) is 0. The zero-order chi connectivity index (χ0) is 16.6. The highest BCUT2D eigenvalue weighted by Crippen LogP contribution is 2.33. The van der Waals surface area contributed by atoms with Crippen LogP contribution in [-0.2, 0) is 13.1 Å². The van der Waals surface area contributed by atoms with Crippen molar-refractivity contribution in [3.8, 4) is 11.5 Å². The summed E-state index contributed by atoms with van der Waals surface area (Å²) >= 11 is 0. The molecular formula is C16H20N4O3. The Bertz CT molecular complexity index is 831. The molecule has 0 fully saturated rings. The number of benzene rings is 1. The average Bonchev–Trinajstić information content (AvgIpc) is 3.07. The first-order valence-electron chi connectivity index (χ1n) is 7.32. The van der Waals surface area contributed by atoms with Gasteiger partial charge in [-0.3, -0.25) is 0 Å². The van der Waals surface area contributed by atoms with Crippen molar-refractivity contribution >= 4 is 11.0 Å². The van der Waals surface area contributed by atoms with Gasteiger partial charge in [0.05, 0.1) is 44.0 Å². The first-order valence-corrected chi connectivity index (χ1v) is 7.32. The van der Waals surface area contributed by atoms with Gasteiger partial charge in [-0.05, 0) is 13.8 Å². The lowest BCUT2D eigenvalue weighted by atomic mass is 10.2. The Morgan fingerprint density at radius 1 is 1.17 bits per heavy atom. The summed E-state index contributed by atoms with van der Waals surface area (Å²) in [5.74, 6) is 2.89. The van der Waals surface area contributed by atoms with Crippen LogP contribution >= 0.6 is 0 Å². The maximum atomic E-state index is 5.88. The minimum absolute atomic E-state index is 0.336. The zero-order valence-corrected chi connectivity index (χ0v) is 13.7. The average molecular weight is 316 g/mol. The van der Waals surface area contributed by atoms with Gasteiger partial charge in [0.25, 0.3) is 0 Å². The number of fused-ring (bicyclic) bond motifs is 1. The van der Waals surface area contributed by atoms with Crippen LogP contribution < -0.4 is 15.2 Å². The molecule has 7 heteroatoms. The van der Waals surface area contributed by atoms with E-state index in [1.54, 1.807) is 14.2 Å². The number of methoxy groups -OCH3 is 2. The lowest BCUT2D eigenvalue weighted by Crippen LogP contribution is -2.10. The molecule has 0 aliphatic heterocycles. The summed E-state index contributed by atoms with van der Waals surface area (Å²) in [5.41, 5.74) is 9.53. The maximum absolute atomic E-state index is 5.88. The smallest absolute Gasteiger partial charge is 0.163 e. The number of nitrogens with zero attached hydrogens (tertiary/aromatic N) is 3. The van der Waals surface area contributed by atoms with E-state index in [1.807, 2.05) is 26.0 Å². The predicted octanol–water partition coefficient (Wildman–Crippen LogP) is 2.17. The van der Waals surface area contributed by atoms with Crippen molar-refractivity contribution in [3.05, 3.63) is 35.0 Å². The number of rotatable bonds is 5. The van der Waals surface area contributed by atoms with Crippen molar-refractivity contribution < 1.29 is 14.0 Å². The lowest BCUT2D eigenvalue weighted by Gasteiger charge is -2.10. The maximum Gasteiger partial charge on any atom is 0.163 e. The van der Waals surface area contributed by atoms with Crippen LogP contribution in [0.3, 0.4) is 0 Å². The molecule has 122 valence electrons. The molecule has 0 unspecified atom stereocenters. The van der Waals surface area contributed by atoms with Gasteiger partial charge in [0.1, 0.15) is 11.6 Å². The number of hydrogen-bond donors (Lipinski definition) is 1. The molecule has 2 N–H and O–H groups in total. The molecule has 7 nitrogen and oxygen atoms in total. The fourth-order valence-electron chi connectivity index (χ4n) is 2.72. The van der Waals surface area contributed by atoms with Crippen LogP contribution in [-0.4, -0.2) is 28.9 Å². The number of aryl methyl sites for hydroxylation is 2. The highest BCUT2D eigenvalue weighted by molar-refractivity contribution is 5.80. The molecule has 0 spiro atoms. The molecule has 0 saturated carbocycles. The van der Waals surface area contributed by atoms with Gasteiger partial charge in [-0.15, -0.1) is 0 Å². The standard InChI is InChI=1S/C16H20N4O3/c1-9-11(10(2)23-19-9)8-20-13-6-15(22-4)14(21-3)5-12(13)18-16(20)7-17/h5-6H,7-8,17H2,1-4H3. The van der Waals surface area contributed by atoms with Crippen molar-refractivity contribution in [2.75, 3.05) is 14.2 Å². The molecule has 2 aromatic heterocycles. The van der Waals surface area contributed by atoms with E-state index in [0.29, 0.717) is 24.6 Å². The molecule has 3 aromatic rings. The van der Waals surface area contributed by atoms with Gasteiger partial charge >= 0.3 is 0 Å². The summed E-state index contributed by atoms with van der Waals surface area (Å²) in [6, 6.07) is 3.77. The number of imidazole rings is 1. The fraction of sp³-hybridized carbons (Fsp3) is 0.375.